The van der Waals surface area contributed by atoms with Crippen LogP contribution in [-0.4, -0.2) is 19.7 Å². The Balaban J connectivity index is 1.78. The molecule has 0 saturated carbocycles. The second-order valence-corrected chi connectivity index (χ2v) is 6.71. The highest BCUT2D eigenvalue weighted by Crippen LogP contribution is 2.31. The van der Waals surface area contributed by atoms with Gasteiger partial charge in [-0.25, -0.2) is 9.97 Å². The van der Waals surface area contributed by atoms with Crippen LogP contribution in [0, 0.1) is 6.92 Å². The van der Waals surface area contributed by atoms with E-state index in [-0.39, 0.29) is 6.04 Å². The summed E-state index contributed by atoms with van der Waals surface area (Å²) in [5.74, 6) is 0.798. The molecule has 0 bridgehead atoms. The molecule has 0 spiro atoms. The molecular formula is C18H17N5S. The minimum absolute atomic E-state index is 0.0453. The predicted octanol–water partition coefficient (Wildman–Crippen LogP) is 3.93. The molecule has 3 aromatic heterocycles. The van der Waals surface area contributed by atoms with Gasteiger partial charge in [0.25, 0.3) is 0 Å². The van der Waals surface area contributed by atoms with Gasteiger partial charge in [-0.15, -0.1) is 11.3 Å². The van der Waals surface area contributed by atoms with E-state index in [0.29, 0.717) is 0 Å². The number of nitrogens with one attached hydrogen (secondary N) is 1. The Kier molecular flexibility index (Phi) is 3.74. The lowest BCUT2D eigenvalue weighted by molar-refractivity contribution is 0.785. The summed E-state index contributed by atoms with van der Waals surface area (Å²) < 4.78 is 1.76. The molecule has 1 atom stereocenters. The van der Waals surface area contributed by atoms with Crippen LogP contribution in [0.2, 0.25) is 0 Å². The highest BCUT2D eigenvalue weighted by atomic mass is 32.1. The van der Waals surface area contributed by atoms with Gasteiger partial charge in [0.15, 0.2) is 5.65 Å². The van der Waals surface area contributed by atoms with Crippen LogP contribution in [0.4, 0.5) is 5.82 Å². The van der Waals surface area contributed by atoms with Gasteiger partial charge in [-0.05, 0) is 23.9 Å². The van der Waals surface area contributed by atoms with E-state index >= 15 is 0 Å². The van der Waals surface area contributed by atoms with Crippen LogP contribution in [0.5, 0.6) is 0 Å². The van der Waals surface area contributed by atoms with E-state index < -0.39 is 0 Å². The summed E-state index contributed by atoms with van der Waals surface area (Å²) >= 11 is 1.73. The first-order chi connectivity index (χ1) is 11.7. The van der Waals surface area contributed by atoms with E-state index in [0.717, 1.165) is 16.9 Å². The van der Waals surface area contributed by atoms with Crippen LogP contribution in [0.25, 0.3) is 11.0 Å². The van der Waals surface area contributed by atoms with Crippen molar-refractivity contribution in [2.45, 2.75) is 13.0 Å². The zero-order valence-corrected chi connectivity index (χ0v) is 14.3. The van der Waals surface area contributed by atoms with Crippen molar-refractivity contribution >= 4 is 28.2 Å². The largest absolute Gasteiger partial charge is 0.358 e. The van der Waals surface area contributed by atoms with Gasteiger partial charge in [0.2, 0.25) is 0 Å². The summed E-state index contributed by atoms with van der Waals surface area (Å²) in [6.07, 6.45) is 3.38. The number of hydrogen-bond donors (Lipinski definition) is 1. The highest BCUT2D eigenvalue weighted by Gasteiger charge is 2.18. The third kappa shape index (κ3) is 2.65. The lowest BCUT2D eigenvalue weighted by atomic mass is 10.0. The lowest BCUT2D eigenvalue weighted by Gasteiger charge is -2.19. The molecule has 0 aliphatic heterocycles. The maximum absolute atomic E-state index is 4.44. The average molecular weight is 335 g/mol. The Labute approximate surface area is 144 Å². The number of fused-ring (bicyclic) bond motifs is 1. The fourth-order valence-electron chi connectivity index (χ4n) is 2.75. The summed E-state index contributed by atoms with van der Waals surface area (Å²) in [7, 11) is 1.88. The summed E-state index contributed by atoms with van der Waals surface area (Å²) in [5.41, 5.74) is 3.28. The van der Waals surface area contributed by atoms with E-state index in [1.165, 1.54) is 16.0 Å². The van der Waals surface area contributed by atoms with Gasteiger partial charge >= 0.3 is 0 Å². The Morgan fingerprint density at radius 1 is 1.12 bits per heavy atom. The molecule has 1 aromatic carbocycles. The van der Waals surface area contributed by atoms with Gasteiger partial charge in [0, 0.05) is 11.9 Å². The molecule has 4 aromatic rings. The van der Waals surface area contributed by atoms with Crippen molar-refractivity contribution in [3.63, 3.8) is 0 Å². The summed E-state index contributed by atoms with van der Waals surface area (Å²) in [5, 5.41) is 10.9. The van der Waals surface area contributed by atoms with Crippen molar-refractivity contribution in [3.05, 3.63) is 70.3 Å². The van der Waals surface area contributed by atoms with E-state index in [9.17, 15) is 0 Å². The van der Waals surface area contributed by atoms with E-state index in [1.807, 2.05) is 7.05 Å². The van der Waals surface area contributed by atoms with Crippen LogP contribution in [-0.2, 0) is 7.05 Å². The molecule has 0 radical (unpaired) electrons. The Morgan fingerprint density at radius 3 is 2.71 bits per heavy atom. The third-order valence-corrected chi connectivity index (χ3v) is 4.99. The maximum atomic E-state index is 4.44. The Bertz CT molecular complexity index is 957. The first-order valence-corrected chi connectivity index (χ1v) is 8.59. The topological polar surface area (TPSA) is 55.6 Å². The number of rotatable bonds is 4. The molecule has 5 nitrogen and oxygen atoms in total. The monoisotopic (exact) mass is 335 g/mol. The van der Waals surface area contributed by atoms with Crippen molar-refractivity contribution in [2.24, 2.45) is 7.05 Å². The standard InChI is InChI=1S/C18H17N5S/c1-12-5-7-13(8-6-12)16(15-4-3-9-24-15)22-17-14-10-21-23(2)18(14)20-11-19-17/h3-11,16H,1-2H3,(H,19,20,22). The van der Waals surface area contributed by atoms with Crippen LogP contribution >= 0.6 is 11.3 Å². The van der Waals surface area contributed by atoms with Gasteiger partial charge in [0.1, 0.15) is 12.1 Å². The fraction of sp³-hybridized carbons (Fsp3) is 0.167. The zero-order valence-electron chi connectivity index (χ0n) is 13.5. The number of nitrogens with zero attached hydrogens (tertiary/aromatic N) is 4. The zero-order chi connectivity index (χ0) is 16.5. The van der Waals surface area contributed by atoms with Gasteiger partial charge in [-0.3, -0.25) is 4.68 Å². The van der Waals surface area contributed by atoms with E-state index in [1.54, 1.807) is 28.5 Å². The number of benzene rings is 1. The molecular weight excluding hydrogens is 318 g/mol. The molecule has 0 amide bonds. The number of aryl methyl sites for hydroxylation is 2. The molecule has 1 unspecified atom stereocenters. The normalized spacial score (nSPS) is 12.4. The second kappa shape index (κ2) is 6.05. The molecule has 0 aliphatic rings. The smallest absolute Gasteiger partial charge is 0.163 e. The van der Waals surface area contributed by atoms with Crippen molar-refractivity contribution < 1.29 is 0 Å². The molecule has 0 saturated heterocycles. The van der Waals surface area contributed by atoms with E-state index in [4.69, 9.17) is 0 Å². The average Bonchev–Trinajstić information content (AvgIpc) is 3.25. The Morgan fingerprint density at radius 2 is 1.96 bits per heavy atom. The number of aromatic nitrogens is 4. The number of thiophene rings is 1. The minimum Gasteiger partial charge on any atom is -0.358 e. The first-order valence-electron chi connectivity index (χ1n) is 7.71. The van der Waals surface area contributed by atoms with Gasteiger partial charge in [-0.1, -0.05) is 35.9 Å². The minimum atomic E-state index is 0.0453. The summed E-state index contributed by atoms with van der Waals surface area (Å²) in [6, 6.07) is 12.9. The van der Waals surface area contributed by atoms with Crippen molar-refractivity contribution in [1.29, 1.82) is 0 Å². The fourth-order valence-corrected chi connectivity index (χ4v) is 3.55. The van der Waals surface area contributed by atoms with Crippen LogP contribution in [0.3, 0.4) is 0 Å². The van der Waals surface area contributed by atoms with Gasteiger partial charge in [-0.2, -0.15) is 5.10 Å². The van der Waals surface area contributed by atoms with Crippen LogP contribution in [0.1, 0.15) is 22.0 Å². The Hall–Kier alpha value is -2.73. The molecule has 120 valence electrons. The predicted molar refractivity (Wildman–Crippen MR) is 97.3 cm³/mol. The highest BCUT2D eigenvalue weighted by molar-refractivity contribution is 7.10. The van der Waals surface area contributed by atoms with Crippen molar-refractivity contribution in [3.8, 4) is 0 Å². The molecule has 4 rings (SSSR count). The third-order valence-electron chi connectivity index (χ3n) is 4.05. The number of hydrogen-bond acceptors (Lipinski definition) is 5. The summed E-state index contributed by atoms with van der Waals surface area (Å²) in [4.78, 5) is 9.99. The van der Waals surface area contributed by atoms with Crippen molar-refractivity contribution in [2.75, 3.05) is 5.32 Å². The van der Waals surface area contributed by atoms with Crippen LogP contribution in [0.15, 0.2) is 54.3 Å². The molecule has 24 heavy (non-hydrogen) atoms. The SMILES string of the molecule is Cc1ccc(C(Nc2ncnc3c2cnn3C)c2cccs2)cc1. The molecule has 6 heteroatoms. The molecule has 0 aliphatic carbocycles. The van der Waals surface area contributed by atoms with Crippen molar-refractivity contribution in [1.82, 2.24) is 19.7 Å². The first kappa shape index (κ1) is 14.8. The van der Waals surface area contributed by atoms with E-state index in [2.05, 4.69) is 69.1 Å². The molecule has 3 heterocycles. The second-order valence-electron chi connectivity index (χ2n) is 5.73. The molecule has 1 N–H and O–H groups in total. The maximum Gasteiger partial charge on any atom is 0.163 e. The lowest BCUT2D eigenvalue weighted by Crippen LogP contribution is -2.12. The number of anilines is 1. The van der Waals surface area contributed by atoms with Gasteiger partial charge < -0.3 is 5.32 Å². The van der Waals surface area contributed by atoms with Crippen LogP contribution < -0.4 is 5.32 Å². The van der Waals surface area contributed by atoms with Gasteiger partial charge in [0.05, 0.1) is 17.6 Å². The summed E-state index contributed by atoms with van der Waals surface area (Å²) in [6.45, 7) is 2.10. The quantitative estimate of drug-likeness (QED) is 0.614. The molecule has 0 fully saturated rings.